The van der Waals surface area contributed by atoms with Crippen LogP contribution in [0.15, 0.2) is 30.3 Å². The summed E-state index contributed by atoms with van der Waals surface area (Å²) in [6.45, 7) is 11.1. The second kappa shape index (κ2) is 7.55. The minimum Gasteiger partial charge on any atom is -0.313 e. The van der Waals surface area contributed by atoms with Gasteiger partial charge in [0, 0.05) is 25.2 Å². The number of rotatable bonds is 7. The second-order valence-electron chi connectivity index (χ2n) is 5.78. The van der Waals surface area contributed by atoms with Gasteiger partial charge in [0.1, 0.15) is 0 Å². The highest BCUT2D eigenvalue weighted by atomic mass is 15.2. The second-order valence-corrected chi connectivity index (χ2v) is 5.78. The van der Waals surface area contributed by atoms with Crippen LogP contribution in [0, 0.1) is 5.92 Å². The van der Waals surface area contributed by atoms with Gasteiger partial charge in [-0.3, -0.25) is 4.90 Å². The van der Waals surface area contributed by atoms with Crippen molar-refractivity contribution in [3.63, 3.8) is 0 Å². The van der Waals surface area contributed by atoms with Crippen LogP contribution in [0.1, 0.15) is 33.3 Å². The summed E-state index contributed by atoms with van der Waals surface area (Å²) < 4.78 is 0. The Kier molecular flexibility index (Phi) is 6.37. The maximum absolute atomic E-state index is 3.55. The molecule has 0 aliphatic carbocycles. The molecule has 1 atom stereocenters. The topological polar surface area (TPSA) is 15.3 Å². The maximum atomic E-state index is 3.55. The highest BCUT2D eigenvalue weighted by Gasteiger charge is 2.18. The molecule has 0 bridgehead atoms. The molecule has 1 rings (SSSR count). The Balaban J connectivity index is 2.57. The minimum atomic E-state index is 0.552. The summed E-state index contributed by atoms with van der Waals surface area (Å²) in [4.78, 5) is 2.45. The first kappa shape index (κ1) is 15.2. The van der Waals surface area contributed by atoms with Crippen LogP contribution >= 0.6 is 0 Å². The first-order valence-corrected chi connectivity index (χ1v) is 6.98. The van der Waals surface area contributed by atoms with Crippen molar-refractivity contribution < 1.29 is 0 Å². The van der Waals surface area contributed by atoms with E-state index < -0.39 is 0 Å². The van der Waals surface area contributed by atoms with Crippen LogP contribution in [0.25, 0.3) is 0 Å². The monoisotopic (exact) mass is 248 g/mol. The molecule has 0 saturated heterocycles. The van der Waals surface area contributed by atoms with Gasteiger partial charge in [-0.05, 0) is 18.5 Å². The van der Waals surface area contributed by atoms with Crippen molar-refractivity contribution in [1.29, 1.82) is 0 Å². The number of benzene rings is 1. The van der Waals surface area contributed by atoms with E-state index in [1.807, 2.05) is 0 Å². The predicted octanol–water partition coefficient (Wildman–Crippen LogP) is 3.14. The highest BCUT2D eigenvalue weighted by Crippen LogP contribution is 2.12. The van der Waals surface area contributed by atoms with E-state index >= 15 is 0 Å². The summed E-state index contributed by atoms with van der Waals surface area (Å²) >= 11 is 0. The third kappa shape index (κ3) is 5.19. The molecule has 0 heterocycles. The van der Waals surface area contributed by atoms with E-state index in [4.69, 9.17) is 0 Å². The zero-order valence-electron chi connectivity index (χ0n) is 12.5. The largest absolute Gasteiger partial charge is 0.313 e. The zero-order valence-corrected chi connectivity index (χ0v) is 12.5. The van der Waals surface area contributed by atoms with E-state index in [9.17, 15) is 0 Å². The van der Waals surface area contributed by atoms with Gasteiger partial charge in [0.2, 0.25) is 0 Å². The fourth-order valence-electron chi connectivity index (χ4n) is 2.25. The van der Waals surface area contributed by atoms with Crippen molar-refractivity contribution in [2.75, 3.05) is 13.6 Å². The molecule has 0 spiro atoms. The lowest BCUT2D eigenvalue weighted by Gasteiger charge is -2.32. The molecule has 1 aromatic rings. The fourth-order valence-corrected chi connectivity index (χ4v) is 2.25. The Labute approximate surface area is 112 Å². The van der Waals surface area contributed by atoms with Gasteiger partial charge < -0.3 is 5.32 Å². The van der Waals surface area contributed by atoms with Crippen molar-refractivity contribution in [3.8, 4) is 0 Å². The van der Waals surface area contributed by atoms with Gasteiger partial charge in [-0.1, -0.05) is 58.0 Å². The Hall–Kier alpha value is -0.860. The van der Waals surface area contributed by atoms with E-state index in [1.165, 1.54) is 5.56 Å². The lowest BCUT2D eigenvalue weighted by atomic mass is 10.0. The van der Waals surface area contributed by atoms with Gasteiger partial charge >= 0.3 is 0 Å². The molecular formula is C16H28N2. The third-order valence-electron chi connectivity index (χ3n) is 3.35. The summed E-state index contributed by atoms with van der Waals surface area (Å²) in [5.41, 5.74) is 1.38. The Bertz CT molecular complexity index is 319. The summed E-state index contributed by atoms with van der Waals surface area (Å²) in [6.07, 6.45) is 0. The lowest BCUT2D eigenvalue weighted by Crippen LogP contribution is -2.44. The molecule has 1 N–H and O–H groups in total. The summed E-state index contributed by atoms with van der Waals surface area (Å²) in [6, 6.07) is 11.8. The minimum absolute atomic E-state index is 0.552. The lowest BCUT2D eigenvalue weighted by molar-refractivity contribution is 0.177. The maximum Gasteiger partial charge on any atom is 0.0244 e. The molecule has 0 aliphatic heterocycles. The van der Waals surface area contributed by atoms with Gasteiger partial charge in [0.15, 0.2) is 0 Å². The van der Waals surface area contributed by atoms with Crippen LogP contribution in [0.4, 0.5) is 0 Å². The van der Waals surface area contributed by atoms with Crippen molar-refractivity contribution in [2.45, 2.75) is 46.3 Å². The van der Waals surface area contributed by atoms with Crippen molar-refractivity contribution >= 4 is 0 Å². The fraction of sp³-hybridized carbons (Fsp3) is 0.625. The van der Waals surface area contributed by atoms with E-state index in [-0.39, 0.29) is 0 Å². The van der Waals surface area contributed by atoms with Gasteiger partial charge in [-0.2, -0.15) is 0 Å². The van der Waals surface area contributed by atoms with Crippen LogP contribution in [0.3, 0.4) is 0 Å². The molecular weight excluding hydrogens is 220 g/mol. The normalized spacial score (nSPS) is 13.6. The quantitative estimate of drug-likeness (QED) is 0.797. The molecule has 2 nitrogen and oxygen atoms in total. The molecule has 1 unspecified atom stereocenters. The molecule has 0 radical (unpaired) electrons. The Morgan fingerprint density at radius 1 is 1.06 bits per heavy atom. The predicted molar refractivity (Wildman–Crippen MR) is 79.7 cm³/mol. The van der Waals surface area contributed by atoms with Crippen LogP contribution < -0.4 is 5.32 Å². The smallest absolute Gasteiger partial charge is 0.0244 e. The van der Waals surface area contributed by atoms with Crippen LogP contribution in [-0.4, -0.2) is 30.6 Å². The standard InChI is InChI=1S/C16H28N2/c1-13(2)16(11-17-14(3)4)18(5)12-15-9-7-6-8-10-15/h6-10,13-14,16-17H,11-12H2,1-5H3. The van der Waals surface area contributed by atoms with Crippen LogP contribution in [0.5, 0.6) is 0 Å². The zero-order chi connectivity index (χ0) is 13.5. The van der Waals surface area contributed by atoms with Crippen LogP contribution in [0.2, 0.25) is 0 Å². The molecule has 2 heteroatoms. The first-order chi connectivity index (χ1) is 8.50. The number of likely N-dealkylation sites (N-methyl/N-ethyl adjacent to an activating group) is 1. The number of nitrogens with one attached hydrogen (secondary N) is 1. The molecule has 0 saturated carbocycles. The molecule has 0 aromatic heterocycles. The van der Waals surface area contributed by atoms with Gasteiger partial charge in [0.25, 0.3) is 0 Å². The Morgan fingerprint density at radius 2 is 1.67 bits per heavy atom. The third-order valence-corrected chi connectivity index (χ3v) is 3.35. The first-order valence-electron chi connectivity index (χ1n) is 6.98. The van der Waals surface area contributed by atoms with E-state index in [2.05, 4.69) is 75.3 Å². The summed E-state index contributed by atoms with van der Waals surface area (Å²) in [7, 11) is 2.22. The average molecular weight is 248 g/mol. The SMILES string of the molecule is CC(C)NCC(C(C)C)N(C)Cc1ccccc1. The van der Waals surface area contributed by atoms with Gasteiger partial charge in [0.05, 0.1) is 0 Å². The summed E-state index contributed by atoms with van der Waals surface area (Å²) in [5.74, 6) is 0.657. The molecule has 102 valence electrons. The average Bonchev–Trinajstić information content (AvgIpc) is 2.29. The molecule has 0 fully saturated rings. The van der Waals surface area contributed by atoms with Gasteiger partial charge in [-0.25, -0.2) is 0 Å². The van der Waals surface area contributed by atoms with Gasteiger partial charge in [-0.15, -0.1) is 0 Å². The molecule has 1 aromatic carbocycles. The Morgan fingerprint density at radius 3 is 2.17 bits per heavy atom. The molecule has 18 heavy (non-hydrogen) atoms. The van der Waals surface area contributed by atoms with E-state index in [1.54, 1.807) is 0 Å². The number of nitrogens with zero attached hydrogens (tertiary/aromatic N) is 1. The van der Waals surface area contributed by atoms with Crippen LogP contribution in [-0.2, 0) is 6.54 Å². The van der Waals surface area contributed by atoms with Crippen molar-refractivity contribution in [3.05, 3.63) is 35.9 Å². The number of hydrogen-bond donors (Lipinski definition) is 1. The highest BCUT2D eigenvalue weighted by molar-refractivity contribution is 5.14. The molecule has 0 aliphatic rings. The molecule has 0 amide bonds. The number of hydrogen-bond acceptors (Lipinski definition) is 2. The van der Waals surface area contributed by atoms with Crippen molar-refractivity contribution in [1.82, 2.24) is 10.2 Å². The van der Waals surface area contributed by atoms with E-state index in [0.717, 1.165) is 13.1 Å². The summed E-state index contributed by atoms with van der Waals surface area (Å²) in [5, 5.41) is 3.55. The van der Waals surface area contributed by atoms with E-state index in [0.29, 0.717) is 18.0 Å². The van der Waals surface area contributed by atoms with Crippen molar-refractivity contribution in [2.24, 2.45) is 5.92 Å².